The lowest BCUT2D eigenvalue weighted by atomic mass is 10.3. The van der Waals surface area contributed by atoms with E-state index in [-0.39, 0.29) is 5.91 Å². The van der Waals surface area contributed by atoms with Crippen molar-refractivity contribution in [2.45, 2.75) is 20.0 Å². The summed E-state index contributed by atoms with van der Waals surface area (Å²) in [4.78, 5) is 24.1. The van der Waals surface area contributed by atoms with Crippen LogP contribution in [0.4, 0.5) is 0 Å². The molecule has 0 aliphatic heterocycles. The Labute approximate surface area is 117 Å². The number of nitrogens with one attached hydrogen (secondary N) is 1. The number of amides is 1. The predicted molar refractivity (Wildman–Crippen MR) is 72.0 cm³/mol. The Hall–Kier alpha value is -2.28. The molecule has 0 fully saturated rings. The fourth-order valence-corrected chi connectivity index (χ4v) is 1.66. The molecule has 0 atom stereocenters. The summed E-state index contributed by atoms with van der Waals surface area (Å²) in [7, 11) is 1.65. The van der Waals surface area contributed by atoms with Gasteiger partial charge in [0.05, 0.1) is 37.1 Å². The van der Waals surface area contributed by atoms with E-state index >= 15 is 0 Å². The van der Waals surface area contributed by atoms with E-state index in [2.05, 4.69) is 20.3 Å². The van der Waals surface area contributed by atoms with E-state index in [1.807, 2.05) is 11.5 Å². The van der Waals surface area contributed by atoms with Gasteiger partial charge in [0.15, 0.2) is 0 Å². The maximum absolute atomic E-state index is 11.9. The van der Waals surface area contributed by atoms with E-state index in [9.17, 15) is 4.79 Å². The number of hydrogen-bond acceptors (Lipinski definition) is 5. The van der Waals surface area contributed by atoms with Gasteiger partial charge in [-0.3, -0.25) is 9.78 Å². The standard InChI is InChI=1S/C13H17N5O2/c1-10-5-16-12(8-15-10)13(19)17-7-11-6-14-9-18(11)3-4-20-2/h5-6,8-9H,3-4,7H2,1-2H3,(H,17,19). The van der Waals surface area contributed by atoms with Crippen LogP contribution in [0.5, 0.6) is 0 Å². The number of imidazole rings is 1. The van der Waals surface area contributed by atoms with E-state index in [1.165, 1.54) is 6.20 Å². The van der Waals surface area contributed by atoms with E-state index in [1.54, 1.807) is 25.8 Å². The topological polar surface area (TPSA) is 81.9 Å². The SMILES string of the molecule is COCCn1cncc1CNC(=O)c1cnc(C)cn1. The summed E-state index contributed by atoms with van der Waals surface area (Å²) in [5.74, 6) is -0.253. The van der Waals surface area contributed by atoms with Crippen LogP contribution in [0.3, 0.4) is 0 Å². The molecule has 0 aliphatic rings. The molecule has 0 bridgehead atoms. The van der Waals surface area contributed by atoms with Crippen molar-refractivity contribution < 1.29 is 9.53 Å². The van der Waals surface area contributed by atoms with Crippen molar-refractivity contribution >= 4 is 5.91 Å². The first-order valence-electron chi connectivity index (χ1n) is 6.25. The van der Waals surface area contributed by atoms with Gasteiger partial charge in [-0.1, -0.05) is 0 Å². The fraction of sp³-hybridized carbons (Fsp3) is 0.385. The predicted octanol–water partition coefficient (Wildman–Crippen LogP) is 0.558. The van der Waals surface area contributed by atoms with Crippen molar-refractivity contribution in [2.75, 3.05) is 13.7 Å². The molecule has 20 heavy (non-hydrogen) atoms. The maximum Gasteiger partial charge on any atom is 0.271 e. The summed E-state index contributed by atoms with van der Waals surface area (Å²) in [6.45, 7) is 3.51. The Kier molecular flexibility index (Phi) is 4.78. The largest absolute Gasteiger partial charge is 0.383 e. The number of nitrogens with zero attached hydrogens (tertiary/aromatic N) is 4. The lowest BCUT2D eigenvalue weighted by Crippen LogP contribution is -2.25. The van der Waals surface area contributed by atoms with Crippen molar-refractivity contribution in [3.8, 4) is 0 Å². The van der Waals surface area contributed by atoms with Gasteiger partial charge < -0.3 is 14.6 Å². The Balaban J connectivity index is 1.93. The average molecular weight is 275 g/mol. The molecule has 0 unspecified atom stereocenters. The molecule has 0 aliphatic carbocycles. The van der Waals surface area contributed by atoms with Crippen LogP contribution in [-0.2, 0) is 17.8 Å². The third-order valence-electron chi connectivity index (χ3n) is 2.78. The van der Waals surface area contributed by atoms with Crippen LogP contribution in [0.1, 0.15) is 21.9 Å². The molecule has 2 rings (SSSR count). The molecule has 7 nitrogen and oxygen atoms in total. The molecule has 0 radical (unpaired) electrons. The summed E-state index contributed by atoms with van der Waals surface area (Å²) in [5, 5.41) is 2.79. The average Bonchev–Trinajstić information content (AvgIpc) is 2.90. The molecule has 2 aromatic rings. The second-order valence-electron chi connectivity index (χ2n) is 4.30. The minimum Gasteiger partial charge on any atom is -0.383 e. The lowest BCUT2D eigenvalue weighted by molar-refractivity contribution is 0.0944. The normalized spacial score (nSPS) is 10.5. The van der Waals surface area contributed by atoms with Crippen molar-refractivity contribution in [3.63, 3.8) is 0 Å². The molecule has 0 spiro atoms. The van der Waals surface area contributed by atoms with E-state index in [0.29, 0.717) is 25.4 Å². The monoisotopic (exact) mass is 275 g/mol. The van der Waals surface area contributed by atoms with Gasteiger partial charge in [0.1, 0.15) is 5.69 Å². The maximum atomic E-state index is 11.9. The van der Waals surface area contributed by atoms with Gasteiger partial charge in [0, 0.05) is 26.0 Å². The van der Waals surface area contributed by atoms with E-state index in [0.717, 1.165) is 11.4 Å². The summed E-state index contributed by atoms with van der Waals surface area (Å²) in [6.07, 6.45) is 6.47. The van der Waals surface area contributed by atoms with Crippen LogP contribution in [0, 0.1) is 6.92 Å². The minimum absolute atomic E-state index is 0.253. The van der Waals surface area contributed by atoms with Crippen molar-refractivity contribution in [2.24, 2.45) is 0 Å². The van der Waals surface area contributed by atoms with Gasteiger partial charge in [-0.25, -0.2) is 9.97 Å². The third kappa shape index (κ3) is 3.61. The Morgan fingerprint density at radius 2 is 2.20 bits per heavy atom. The number of methoxy groups -OCH3 is 1. The molecule has 2 aromatic heterocycles. The highest BCUT2D eigenvalue weighted by Crippen LogP contribution is 2.00. The first-order chi connectivity index (χ1) is 9.70. The van der Waals surface area contributed by atoms with Crippen LogP contribution >= 0.6 is 0 Å². The van der Waals surface area contributed by atoms with Crippen molar-refractivity contribution in [1.82, 2.24) is 24.8 Å². The first kappa shape index (κ1) is 14.1. The first-order valence-corrected chi connectivity index (χ1v) is 6.25. The molecule has 0 aromatic carbocycles. The van der Waals surface area contributed by atoms with Gasteiger partial charge >= 0.3 is 0 Å². The zero-order valence-corrected chi connectivity index (χ0v) is 11.5. The number of aryl methyl sites for hydroxylation is 1. The highest BCUT2D eigenvalue weighted by molar-refractivity contribution is 5.91. The zero-order valence-electron chi connectivity index (χ0n) is 11.5. The molecule has 0 saturated heterocycles. The van der Waals surface area contributed by atoms with Crippen LogP contribution in [0.2, 0.25) is 0 Å². The number of carbonyl (C=O) groups excluding carboxylic acids is 1. The Bertz CT molecular complexity index is 564. The van der Waals surface area contributed by atoms with E-state index < -0.39 is 0 Å². The molecular weight excluding hydrogens is 258 g/mol. The number of carbonyl (C=O) groups is 1. The summed E-state index contributed by atoms with van der Waals surface area (Å²) < 4.78 is 6.96. The summed E-state index contributed by atoms with van der Waals surface area (Å²) in [5.41, 5.74) is 1.99. The lowest BCUT2D eigenvalue weighted by Gasteiger charge is -2.08. The van der Waals surface area contributed by atoms with Gasteiger partial charge in [-0.05, 0) is 6.92 Å². The Morgan fingerprint density at radius 1 is 1.35 bits per heavy atom. The van der Waals surface area contributed by atoms with Crippen LogP contribution in [-0.4, -0.2) is 39.1 Å². The second-order valence-corrected chi connectivity index (χ2v) is 4.30. The van der Waals surface area contributed by atoms with Crippen molar-refractivity contribution in [3.05, 3.63) is 42.0 Å². The molecule has 2 heterocycles. The van der Waals surface area contributed by atoms with Gasteiger partial charge in [-0.2, -0.15) is 0 Å². The number of hydrogen-bond donors (Lipinski definition) is 1. The smallest absolute Gasteiger partial charge is 0.271 e. The second kappa shape index (κ2) is 6.76. The Morgan fingerprint density at radius 3 is 2.90 bits per heavy atom. The van der Waals surface area contributed by atoms with E-state index in [4.69, 9.17) is 4.74 Å². The molecule has 106 valence electrons. The molecular formula is C13H17N5O2. The number of rotatable bonds is 6. The quantitative estimate of drug-likeness (QED) is 0.833. The van der Waals surface area contributed by atoms with Gasteiger partial charge in [0.2, 0.25) is 0 Å². The fourth-order valence-electron chi connectivity index (χ4n) is 1.66. The molecule has 1 amide bonds. The third-order valence-corrected chi connectivity index (χ3v) is 2.78. The zero-order chi connectivity index (χ0) is 14.4. The van der Waals surface area contributed by atoms with Gasteiger partial charge in [0.25, 0.3) is 5.91 Å². The van der Waals surface area contributed by atoms with Crippen LogP contribution in [0.25, 0.3) is 0 Å². The van der Waals surface area contributed by atoms with Crippen LogP contribution in [0.15, 0.2) is 24.9 Å². The van der Waals surface area contributed by atoms with Gasteiger partial charge in [-0.15, -0.1) is 0 Å². The minimum atomic E-state index is -0.253. The highest BCUT2D eigenvalue weighted by Gasteiger charge is 2.09. The molecule has 7 heteroatoms. The number of aromatic nitrogens is 4. The highest BCUT2D eigenvalue weighted by atomic mass is 16.5. The summed E-state index contributed by atoms with van der Waals surface area (Å²) >= 11 is 0. The molecule has 0 saturated carbocycles. The summed E-state index contributed by atoms with van der Waals surface area (Å²) in [6, 6.07) is 0. The van der Waals surface area contributed by atoms with Crippen LogP contribution < -0.4 is 5.32 Å². The number of ether oxygens (including phenoxy) is 1. The molecule has 1 N–H and O–H groups in total. The van der Waals surface area contributed by atoms with Crippen molar-refractivity contribution in [1.29, 1.82) is 0 Å².